The molecule has 1 aliphatic carbocycles. The molecule has 0 spiro atoms. The van der Waals surface area contributed by atoms with Gasteiger partial charge in [-0.2, -0.15) is 0 Å². The maximum absolute atomic E-state index is 13.2. The quantitative estimate of drug-likeness (QED) is 0.177. The highest BCUT2D eigenvalue weighted by atomic mass is 16.8. The number of carbonyl (C=O) groups excluding carboxylic acids is 2. The normalized spacial score (nSPS) is 28.3. The molecule has 2 aromatic carbocycles. The van der Waals surface area contributed by atoms with Crippen molar-refractivity contribution in [2.24, 2.45) is 0 Å². The van der Waals surface area contributed by atoms with Crippen molar-refractivity contribution in [1.29, 1.82) is 0 Å². The van der Waals surface area contributed by atoms with Gasteiger partial charge in [0.15, 0.2) is 5.78 Å². The van der Waals surface area contributed by atoms with E-state index in [9.17, 15) is 30.0 Å². The van der Waals surface area contributed by atoms with E-state index in [-0.39, 0.29) is 18.3 Å². The van der Waals surface area contributed by atoms with Gasteiger partial charge in [0.25, 0.3) is 0 Å². The molecular formula is C38H54N2O9. The summed E-state index contributed by atoms with van der Waals surface area (Å²) < 4.78 is 18.0. The van der Waals surface area contributed by atoms with Gasteiger partial charge >= 0.3 is 0 Å². The number of nitrogens with one attached hydrogen (secondary N) is 1. The molecule has 3 fully saturated rings. The van der Waals surface area contributed by atoms with Crippen molar-refractivity contribution in [1.82, 2.24) is 10.2 Å². The summed E-state index contributed by atoms with van der Waals surface area (Å²) in [5.74, 6) is -0.988. The molecule has 5 rings (SSSR count). The molecule has 11 heteroatoms. The highest BCUT2D eigenvalue weighted by Crippen LogP contribution is 2.51. The van der Waals surface area contributed by atoms with Gasteiger partial charge in [-0.05, 0) is 101 Å². The number of carbonyl (C=O) groups is 2. The Morgan fingerprint density at radius 3 is 2.39 bits per heavy atom. The number of aryl methyl sites for hydroxylation is 1. The van der Waals surface area contributed by atoms with E-state index in [4.69, 9.17) is 14.2 Å². The van der Waals surface area contributed by atoms with Gasteiger partial charge in [0.2, 0.25) is 11.7 Å². The highest BCUT2D eigenvalue weighted by Gasteiger charge is 2.68. The van der Waals surface area contributed by atoms with Crippen LogP contribution in [0.2, 0.25) is 0 Å². The molecule has 5 N–H and O–H groups in total. The largest absolute Gasteiger partial charge is 0.494 e. The van der Waals surface area contributed by atoms with Crippen LogP contribution in [-0.4, -0.2) is 106 Å². The van der Waals surface area contributed by atoms with E-state index >= 15 is 0 Å². The van der Waals surface area contributed by atoms with Gasteiger partial charge in [-0.15, -0.1) is 0 Å². The van der Waals surface area contributed by atoms with Gasteiger partial charge in [-0.1, -0.05) is 43.5 Å². The molecule has 0 radical (unpaired) electrons. The lowest BCUT2D eigenvalue weighted by Crippen LogP contribution is -2.67. The van der Waals surface area contributed by atoms with Crippen LogP contribution in [0.3, 0.4) is 0 Å². The molecule has 2 heterocycles. The Kier molecular flexibility index (Phi) is 11.9. The number of aliphatic hydroxyl groups excluding tert-OH is 4. The first-order valence-electron chi connectivity index (χ1n) is 17.7. The van der Waals surface area contributed by atoms with Crippen LogP contribution in [0.5, 0.6) is 5.75 Å². The number of aliphatic hydroxyl groups is 4. The van der Waals surface area contributed by atoms with Crippen LogP contribution in [0.4, 0.5) is 0 Å². The van der Waals surface area contributed by atoms with Crippen LogP contribution in [0, 0.1) is 6.92 Å². The minimum Gasteiger partial charge on any atom is -0.494 e. The van der Waals surface area contributed by atoms with Gasteiger partial charge in [-0.3, -0.25) is 9.59 Å². The molecular weight excluding hydrogens is 628 g/mol. The van der Waals surface area contributed by atoms with Gasteiger partial charge in [0.1, 0.15) is 29.7 Å². The van der Waals surface area contributed by atoms with Crippen molar-refractivity contribution in [3.63, 3.8) is 0 Å². The highest BCUT2D eigenvalue weighted by molar-refractivity contribution is 5.93. The fourth-order valence-corrected chi connectivity index (χ4v) is 7.48. The summed E-state index contributed by atoms with van der Waals surface area (Å²) in [5.41, 5.74) is 1.17. The minimum atomic E-state index is -1.73. The fourth-order valence-electron chi connectivity index (χ4n) is 7.48. The summed E-state index contributed by atoms with van der Waals surface area (Å²) in [6.07, 6.45) is 1.29. The monoisotopic (exact) mass is 682 g/mol. The zero-order valence-electron chi connectivity index (χ0n) is 29.3. The average Bonchev–Trinajstić information content (AvgIpc) is 3.48. The van der Waals surface area contributed by atoms with E-state index in [1.165, 1.54) is 6.92 Å². The second-order valence-electron chi connectivity index (χ2n) is 14.5. The molecule has 2 aromatic rings. The first kappa shape index (κ1) is 37.4. The lowest BCUT2D eigenvalue weighted by Gasteiger charge is -2.47. The third kappa shape index (κ3) is 7.88. The van der Waals surface area contributed by atoms with Crippen LogP contribution in [0.1, 0.15) is 87.0 Å². The first-order valence-corrected chi connectivity index (χ1v) is 17.7. The van der Waals surface area contributed by atoms with Crippen LogP contribution in [0.15, 0.2) is 42.5 Å². The minimum absolute atomic E-state index is 0.102. The second kappa shape index (κ2) is 15.6. The zero-order chi connectivity index (χ0) is 35.4. The number of hydrogen-bond donors (Lipinski definition) is 5. The number of amides is 1. The maximum atomic E-state index is 13.2. The Hall–Kier alpha value is -2.90. The van der Waals surface area contributed by atoms with Crippen molar-refractivity contribution in [2.45, 2.75) is 119 Å². The van der Waals surface area contributed by atoms with E-state index in [1.54, 1.807) is 6.07 Å². The first-order chi connectivity index (χ1) is 23.3. The molecule has 270 valence electrons. The van der Waals surface area contributed by atoms with Crippen molar-refractivity contribution in [3.8, 4) is 5.75 Å². The number of nitrogens with zero attached hydrogens (tertiary/aromatic N) is 1. The molecule has 11 nitrogen and oxygen atoms in total. The zero-order valence-corrected chi connectivity index (χ0v) is 29.3. The molecule has 1 saturated carbocycles. The van der Waals surface area contributed by atoms with E-state index < -0.39 is 41.3 Å². The molecule has 0 unspecified atom stereocenters. The van der Waals surface area contributed by atoms with Crippen molar-refractivity contribution < 1.29 is 44.2 Å². The second-order valence-corrected chi connectivity index (χ2v) is 14.5. The number of Topliss-reactive ketones (excluding diaryl/α,β-unsaturated/α-hetero) is 1. The van der Waals surface area contributed by atoms with Gasteiger partial charge in [0.05, 0.1) is 24.9 Å². The number of ether oxygens (including phenoxy) is 3. The van der Waals surface area contributed by atoms with Gasteiger partial charge < -0.3 is 44.9 Å². The SMILES string of the molecule is Cc1ccc([C@]23OC[C@]([C@@H](C)O)(O2)[C@@H](O)[C@H](O)[C@H]3O)cc1Cc1ccc(OCCCC(=O)NC2(C(=O)CCCN(C)C)CCCCC2)cc1. The Morgan fingerprint density at radius 2 is 1.71 bits per heavy atom. The summed E-state index contributed by atoms with van der Waals surface area (Å²) in [7, 11) is 3.99. The van der Waals surface area contributed by atoms with Crippen LogP contribution < -0.4 is 10.1 Å². The number of benzene rings is 2. The summed E-state index contributed by atoms with van der Waals surface area (Å²) in [5, 5.41) is 45.9. The third-order valence-electron chi connectivity index (χ3n) is 10.6. The molecule has 49 heavy (non-hydrogen) atoms. The molecule has 3 aliphatic rings. The lowest BCUT2D eigenvalue weighted by atomic mass is 9.77. The maximum Gasteiger partial charge on any atom is 0.225 e. The number of hydrogen-bond acceptors (Lipinski definition) is 10. The van der Waals surface area contributed by atoms with Crippen LogP contribution in [0.25, 0.3) is 0 Å². The number of fused-ring (bicyclic) bond motifs is 2. The van der Waals surface area contributed by atoms with E-state index in [0.29, 0.717) is 56.4 Å². The Morgan fingerprint density at radius 1 is 1.00 bits per heavy atom. The predicted molar refractivity (Wildman–Crippen MR) is 183 cm³/mol. The molecule has 2 bridgehead atoms. The van der Waals surface area contributed by atoms with Gasteiger partial charge in [0, 0.05) is 18.4 Å². The Labute approximate surface area is 289 Å². The Bertz CT molecular complexity index is 1440. The number of ketones is 1. The number of rotatable bonds is 15. The molecule has 0 aromatic heterocycles. The van der Waals surface area contributed by atoms with E-state index in [1.807, 2.05) is 57.4 Å². The third-order valence-corrected chi connectivity index (χ3v) is 10.6. The summed E-state index contributed by atoms with van der Waals surface area (Å²) in [4.78, 5) is 28.2. The molecule has 2 saturated heterocycles. The molecule has 2 aliphatic heterocycles. The summed E-state index contributed by atoms with van der Waals surface area (Å²) in [6, 6.07) is 13.2. The van der Waals surface area contributed by atoms with E-state index in [2.05, 4.69) is 10.2 Å². The van der Waals surface area contributed by atoms with Gasteiger partial charge in [-0.25, -0.2) is 0 Å². The standard InChI is InChI=1S/C38H54N2O9/c1-25-12-15-29(38-35(46)33(44)34(45)37(49-38,24-48-38)26(2)41)23-28(25)22-27-13-16-30(17-14-27)47-21-9-11-32(43)39-36(18-6-5-7-19-36)31(42)10-8-20-40(3)4/h12-17,23,26,33-35,41,44-46H,5-11,18-22,24H2,1-4H3,(H,39,43)/t26-,33+,34+,35-,37-,38+/m1/s1. The smallest absolute Gasteiger partial charge is 0.225 e. The molecule has 1 amide bonds. The topological polar surface area (TPSA) is 158 Å². The van der Waals surface area contributed by atoms with E-state index in [0.717, 1.165) is 48.9 Å². The summed E-state index contributed by atoms with van der Waals surface area (Å²) in [6.45, 7) is 4.47. The summed E-state index contributed by atoms with van der Waals surface area (Å²) >= 11 is 0. The molecule has 6 atom stereocenters. The van der Waals surface area contributed by atoms with Crippen molar-refractivity contribution in [3.05, 3.63) is 64.7 Å². The average molecular weight is 683 g/mol. The van der Waals surface area contributed by atoms with Crippen LogP contribution >= 0.6 is 0 Å². The van der Waals surface area contributed by atoms with Crippen molar-refractivity contribution >= 4 is 11.7 Å². The predicted octanol–water partition coefficient (Wildman–Crippen LogP) is 2.89. The lowest BCUT2D eigenvalue weighted by molar-refractivity contribution is -0.336. The Balaban J connectivity index is 1.14. The fraction of sp³-hybridized carbons (Fsp3) is 0.632. The van der Waals surface area contributed by atoms with Crippen molar-refractivity contribution in [2.75, 3.05) is 33.9 Å². The van der Waals surface area contributed by atoms with Crippen LogP contribution in [-0.2, 0) is 31.3 Å².